The van der Waals surface area contributed by atoms with Crippen LogP contribution in [0.25, 0.3) is 0 Å². The molecule has 0 spiro atoms. The average molecular weight is 281 g/mol. The summed E-state index contributed by atoms with van der Waals surface area (Å²) >= 11 is 0. The topological polar surface area (TPSA) is 98.2 Å². The molecule has 0 saturated carbocycles. The number of nitrogen functional groups attached to an aromatic ring is 1. The summed E-state index contributed by atoms with van der Waals surface area (Å²) < 4.78 is 22.4. The maximum atomic E-state index is 11.2. The summed E-state index contributed by atoms with van der Waals surface area (Å²) in [4.78, 5) is 0.0362. The highest BCUT2D eigenvalue weighted by molar-refractivity contribution is 7.89. The normalized spacial score (nSPS) is 15.3. The predicted molar refractivity (Wildman–Crippen MR) is 77.3 cm³/mol. The van der Waals surface area contributed by atoms with E-state index in [9.17, 15) is 8.42 Å². The van der Waals surface area contributed by atoms with Crippen LogP contribution in [-0.4, -0.2) is 15.0 Å². The number of allylic oxidation sites excluding steroid dienone is 1. The van der Waals surface area contributed by atoms with E-state index in [0.717, 1.165) is 18.7 Å². The van der Waals surface area contributed by atoms with Crippen LogP contribution in [-0.2, 0) is 10.0 Å². The Bertz CT molecular complexity index is 594. The third-order valence-electron chi connectivity index (χ3n) is 3.25. The minimum Gasteiger partial charge on any atom is -0.397 e. The van der Waals surface area contributed by atoms with E-state index < -0.39 is 10.0 Å². The highest BCUT2D eigenvalue weighted by atomic mass is 32.2. The summed E-state index contributed by atoms with van der Waals surface area (Å²) in [5.41, 5.74) is 8.43. The second-order valence-electron chi connectivity index (χ2n) is 4.73. The summed E-state index contributed by atoms with van der Waals surface area (Å²) in [6.07, 6.45) is 6.90. The first-order chi connectivity index (χ1) is 8.97. The number of benzene rings is 1. The molecule has 0 radical (unpaired) electrons. The zero-order valence-electron chi connectivity index (χ0n) is 10.7. The van der Waals surface area contributed by atoms with Crippen LogP contribution >= 0.6 is 0 Å². The first-order valence-corrected chi connectivity index (χ1v) is 7.85. The minimum atomic E-state index is -3.69. The van der Waals surface area contributed by atoms with Gasteiger partial charge in [0, 0.05) is 6.54 Å². The van der Waals surface area contributed by atoms with Gasteiger partial charge in [-0.2, -0.15) is 0 Å². The Hall–Kier alpha value is -1.53. The van der Waals surface area contributed by atoms with Gasteiger partial charge in [-0.05, 0) is 43.9 Å². The van der Waals surface area contributed by atoms with Crippen molar-refractivity contribution in [2.45, 2.75) is 30.6 Å². The van der Waals surface area contributed by atoms with Gasteiger partial charge in [-0.3, -0.25) is 0 Å². The molecule has 5 nitrogen and oxygen atoms in total. The number of hydrogen-bond acceptors (Lipinski definition) is 4. The van der Waals surface area contributed by atoms with Crippen LogP contribution in [0.15, 0.2) is 34.7 Å². The van der Waals surface area contributed by atoms with Crippen molar-refractivity contribution in [1.82, 2.24) is 0 Å². The number of nitrogens with two attached hydrogens (primary N) is 2. The Labute approximate surface area is 113 Å². The lowest BCUT2D eigenvalue weighted by Crippen LogP contribution is -2.13. The van der Waals surface area contributed by atoms with Gasteiger partial charge >= 0.3 is 0 Å². The Kier molecular flexibility index (Phi) is 4.11. The van der Waals surface area contributed by atoms with Gasteiger partial charge in [-0.1, -0.05) is 11.6 Å². The monoisotopic (exact) mass is 281 g/mol. The maximum absolute atomic E-state index is 11.2. The molecule has 1 aromatic carbocycles. The van der Waals surface area contributed by atoms with Crippen LogP contribution in [0.1, 0.15) is 25.7 Å². The van der Waals surface area contributed by atoms with Crippen molar-refractivity contribution in [2.24, 2.45) is 5.14 Å². The number of rotatable bonds is 5. The first kappa shape index (κ1) is 13.9. The number of sulfonamides is 1. The molecule has 0 bridgehead atoms. The summed E-state index contributed by atoms with van der Waals surface area (Å²) in [7, 11) is -3.69. The molecule has 1 aliphatic rings. The van der Waals surface area contributed by atoms with E-state index in [0.29, 0.717) is 5.69 Å². The Morgan fingerprint density at radius 1 is 1.32 bits per heavy atom. The predicted octanol–water partition coefficient (Wildman–Crippen LogP) is 1.83. The van der Waals surface area contributed by atoms with Crippen molar-refractivity contribution in [3.8, 4) is 0 Å². The van der Waals surface area contributed by atoms with Gasteiger partial charge in [0.1, 0.15) is 0 Å². The van der Waals surface area contributed by atoms with E-state index in [1.807, 2.05) is 0 Å². The first-order valence-electron chi connectivity index (χ1n) is 6.31. The zero-order chi connectivity index (χ0) is 13.9. The van der Waals surface area contributed by atoms with Crippen molar-refractivity contribution in [3.05, 3.63) is 29.8 Å². The van der Waals surface area contributed by atoms with Crippen LogP contribution in [0, 0.1) is 0 Å². The van der Waals surface area contributed by atoms with Gasteiger partial charge in [0.2, 0.25) is 10.0 Å². The molecule has 6 heteroatoms. The highest BCUT2D eigenvalue weighted by Crippen LogP contribution is 2.24. The van der Waals surface area contributed by atoms with E-state index in [-0.39, 0.29) is 4.90 Å². The Morgan fingerprint density at radius 3 is 2.68 bits per heavy atom. The summed E-state index contributed by atoms with van der Waals surface area (Å²) in [5, 5.41) is 8.26. The van der Waals surface area contributed by atoms with Crippen molar-refractivity contribution < 1.29 is 8.42 Å². The largest absolute Gasteiger partial charge is 0.397 e. The number of anilines is 2. The summed E-state index contributed by atoms with van der Waals surface area (Å²) in [5.74, 6) is 0. The fraction of sp³-hybridized carbons (Fsp3) is 0.385. The average Bonchev–Trinajstić information content (AvgIpc) is 2.83. The second-order valence-corrected chi connectivity index (χ2v) is 6.29. The maximum Gasteiger partial charge on any atom is 0.238 e. The van der Waals surface area contributed by atoms with Crippen LogP contribution in [0.5, 0.6) is 0 Å². The van der Waals surface area contributed by atoms with Crippen LogP contribution < -0.4 is 16.2 Å². The third kappa shape index (κ3) is 3.71. The number of primary sulfonamides is 1. The van der Waals surface area contributed by atoms with Gasteiger partial charge in [0.05, 0.1) is 16.3 Å². The smallest absolute Gasteiger partial charge is 0.238 e. The molecule has 1 aromatic rings. The van der Waals surface area contributed by atoms with E-state index in [2.05, 4.69) is 11.4 Å². The molecule has 2 rings (SSSR count). The Balaban J connectivity index is 1.97. The van der Waals surface area contributed by atoms with E-state index in [1.165, 1.54) is 37.0 Å². The van der Waals surface area contributed by atoms with Gasteiger partial charge in [-0.15, -0.1) is 0 Å². The van der Waals surface area contributed by atoms with E-state index in [1.54, 1.807) is 6.07 Å². The van der Waals surface area contributed by atoms with Crippen molar-refractivity contribution in [2.75, 3.05) is 17.6 Å². The van der Waals surface area contributed by atoms with Gasteiger partial charge in [0.25, 0.3) is 0 Å². The molecule has 0 heterocycles. The van der Waals surface area contributed by atoms with Gasteiger partial charge in [0.15, 0.2) is 0 Å². The zero-order valence-corrected chi connectivity index (χ0v) is 11.5. The van der Waals surface area contributed by atoms with Crippen LogP contribution in [0.3, 0.4) is 0 Å². The lowest BCUT2D eigenvalue weighted by Gasteiger charge is -2.10. The molecular formula is C13H19N3O2S. The number of hydrogen-bond donors (Lipinski definition) is 3. The molecule has 0 aromatic heterocycles. The molecule has 0 fully saturated rings. The highest BCUT2D eigenvalue weighted by Gasteiger charge is 2.10. The van der Waals surface area contributed by atoms with Crippen molar-refractivity contribution in [1.29, 1.82) is 0 Å². The molecule has 0 saturated heterocycles. The van der Waals surface area contributed by atoms with Crippen molar-refractivity contribution >= 4 is 21.4 Å². The molecule has 0 amide bonds. The molecule has 0 aliphatic heterocycles. The fourth-order valence-corrected chi connectivity index (χ4v) is 2.75. The van der Waals surface area contributed by atoms with Crippen LogP contribution in [0.2, 0.25) is 0 Å². The molecule has 1 aliphatic carbocycles. The Morgan fingerprint density at radius 2 is 2.11 bits per heavy atom. The quantitative estimate of drug-likeness (QED) is 0.566. The lowest BCUT2D eigenvalue weighted by atomic mass is 10.1. The van der Waals surface area contributed by atoms with Crippen LogP contribution in [0.4, 0.5) is 11.4 Å². The molecule has 104 valence electrons. The van der Waals surface area contributed by atoms with E-state index in [4.69, 9.17) is 10.9 Å². The molecule has 19 heavy (non-hydrogen) atoms. The minimum absolute atomic E-state index is 0.0362. The fourth-order valence-electron chi connectivity index (χ4n) is 2.20. The molecule has 5 N–H and O–H groups in total. The summed E-state index contributed by atoms with van der Waals surface area (Å²) in [6.45, 7) is 0.796. The third-order valence-corrected chi connectivity index (χ3v) is 4.16. The SMILES string of the molecule is Nc1cc(S(N)(=O)=O)ccc1NCCC1=CCCC1. The molecular weight excluding hydrogens is 262 g/mol. The number of nitrogens with one attached hydrogen (secondary N) is 1. The van der Waals surface area contributed by atoms with Gasteiger partial charge < -0.3 is 11.1 Å². The van der Waals surface area contributed by atoms with E-state index >= 15 is 0 Å². The lowest BCUT2D eigenvalue weighted by molar-refractivity contribution is 0.598. The molecule has 0 atom stereocenters. The standard InChI is InChI=1S/C13H19N3O2S/c14-12-9-11(19(15,17)18)5-6-13(12)16-8-7-10-3-1-2-4-10/h3,5-6,9,16H,1-2,4,7-8,14H2,(H2,15,17,18). The second kappa shape index (κ2) is 5.63. The van der Waals surface area contributed by atoms with Crippen molar-refractivity contribution in [3.63, 3.8) is 0 Å². The summed E-state index contributed by atoms with van der Waals surface area (Å²) in [6, 6.07) is 4.49. The molecule has 0 unspecified atom stereocenters. The van der Waals surface area contributed by atoms with Gasteiger partial charge in [-0.25, -0.2) is 13.6 Å².